The van der Waals surface area contributed by atoms with Crippen LogP contribution in [0.2, 0.25) is 0 Å². The number of sulfonamides is 1. The van der Waals surface area contributed by atoms with Crippen LogP contribution in [0.15, 0.2) is 27.5 Å². The molecule has 0 atom stereocenters. The summed E-state index contributed by atoms with van der Waals surface area (Å²) in [6.45, 7) is 4.91. The van der Waals surface area contributed by atoms with Gasteiger partial charge < -0.3 is 4.90 Å². The molecule has 1 aromatic rings. The minimum absolute atomic E-state index is 0.0422. The minimum atomic E-state index is -3.74. The van der Waals surface area contributed by atoms with Crippen molar-refractivity contribution in [2.45, 2.75) is 18.7 Å². The second-order valence-corrected chi connectivity index (χ2v) is 5.25. The Morgan fingerprint density at radius 2 is 1.94 bits per heavy atom. The molecule has 0 saturated heterocycles. The van der Waals surface area contributed by atoms with Gasteiger partial charge in [-0.25, -0.2) is 4.39 Å². The summed E-state index contributed by atoms with van der Waals surface area (Å²) >= 11 is 0. The first-order valence-corrected chi connectivity index (χ1v) is 6.84. The van der Waals surface area contributed by atoms with Crippen molar-refractivity contribution in [2.24, 2.45) is 4.40 Å². The van der Waals surface area contributed by atoms with Crippen LogP contribution >= 0.6 is 0 Å². The molecule has 92 valence electrons. The average molecular weight is 256 g/mol. The minimum Gasteiger partial charge on any atom is -0.356 e. The van der Waals surface area contributed by atoms with Gasteiger partial charge in [-0.05, 0) is 26.0 Å². The van der Waals surface area contributed by atoms with Crippen LogP contribution in [0.4, 0.5) is 4.39 Å². The highest BCUT2D eigenvalue weighted by molar-refractivity contribution is 7.90. The van der Waals surface area contributed by atoms with Crippen LogP contribution in [0.3, 0.4) is 0 Å². The summed E-state index contributed by atoms with van der Waals surface area (Å²) in [5.74, 6) is -0.336. The first kappa shape index (κ1) is 12.0. The Balaban J connectivity index is 2.67. The van der Waals surface area contributed by atoms with Crippen molar-refractivity contribution in [3.63, 3.8) is 0 Å². The van der Waals surface area contributed by atoms with E-state index in [1.54, 1.807) is 4.90 Å². The highest BCUT2D eigenvalue weighted by Gasteiger charge is 2.33. The Morgan fingerprint density at radius 1 is 1.29 bits per heavy atom. The third kappa shape index (κ3) is 1.82. The fraction of sp³-hybridized carbons (Fsp3) is 0.364. The van der Waals surface area contributed by atoms with E-state index in [4.69, 9.17) is 0 Å². The molecule has 0 saturated carbocycles. The molecule has 0 amide bonds. The topological polar surface area (TPSA) is 49.7 Å². The molecule has 0 radical (unpaired) electrons. The van der Waals surface area contributed by atoms with Crippen LogP contribution in [-0.2, 0) is 10.0 Å². The molecule has 1 aromatic carbocycles. The predicted molar refractivity (Wildman–Crippen MR) is 63.0 cm³/mol. The third-order valence-corrected chi connectivity index (χ3v) is 4.06. The molecule has 6 heteroatoms. The van der Waals surface area contributed by atoms with Crippen molar-refractivity contribution in [2.75, 3.05) is 13.1 Å². The smallest absolute Gasteiger partial charge is 0.285 e. The maximum Gasteiger partial charge on any atom is 0.285 e. The summed E-state index contributed by atoms with van der Waals surface area (Å²) in [7, 11) is -3.74. The summed E-state index contributed by atoms with van der Waals surface area (Å²) in [5.41, 5.74) is 0.0937. The Kier molecular flexibility index (Phi) is 2.91. The molecule has 0 bridgehead atoms. The number of nitrogens with zero attached hydrogens (tertiary/aromatic N) is 2. The molecule has 0 spiro atoms. The van der Waals surface area contributed by atoms with E-state index in [9.17, 15) is 12.8 Å². The summed E-state index contributed by atoms with van der Waals surface area (Å²) in [6.07, 6.45) is 0. The van der Waals surface area contributed by atoms with Gasteiger partial charge in [0, 0.05) is 13.1 Å². The quantitative estimate of drug-likeness (QED) is 0.808. The van der Waals surface area contributed by atoms with Crippen LogP contribution < -0.4 is 0 Å². The van der Waals surface area contributed by atoms with Gasteiger partial charge >= 0.3 is 0 Å². The zero-order chi connectivity index (χ0) is 12.6. The van der Waals surface area contributed by atoms with E-state index in [1.807, 2.05) is 13.8 Å². The van der Waals surface area contributed by atoms with Crippen LogP contribution in [0.25, 0.3) is 0 Å². The van der Waals surface area contributed by atoms with Crippen molar-refractivity contribution < 1.29 is 12.8 Å². The lowest BCUT2D eigenvalue weighted by Gasteiger charge is -2.20. The van der Waals surface area contributed by atoms with E-state index in [2.05, 4.69) is 4.40 Å². The number of amidine groups is 1. The number of benzene rings is 1. The van der Waals surface area contributed by atoms with Crippen molar-refractivity contribution >= 4 is 15.9 Å². The molecule has 17 heavy (non-hydrogen) atoms. The fourth-order valence-electron chi connectivity index (χ4n) is 1.88. The summed E-state index contributed by atoms with van der Waals surface area (Å²) in [4.78, 5) is 1.69. The second-order valence-electron chi connectivity index (χ2n) is 3.68. The van der Waals surface area contributed by atoms with E-state index in [1.165, 1.54) is 18.2 Å². The van der Waals surface area contributed by atoms with Gasteiger partial charge in [0.05, 0.1) is 5.56 Å². The predicted octanol–water partition coefficient (Wildman–Crippen LogP) is 1.62. The Hall–Kier alpha value is -1.43. The highest BCUT2D eigenvalue weighted by atomic mass is 32.2. The summed E-state index contributed by atoms with van der Waals surface area (Å²) in [5, 5.41) is 0. The maximum atomic E-state index is 13.7. The Bertz CT molecular complexity index is 577. The second kappa shape index (κ2) is 4.10. The molecule has 0 aromatic heterocycles. The molecular weight excluding hydrogens is 243 g/mol. The molecule has 4 nitrogen and oxygen atoms in total. The monoisotopic (exact) mass is 256 g/mol. The van der Waals surface area contributed by atoms with E-state index >= 15 is 0 Å². The number of fused-ring (bicyclic) bond motifs is 1. The van der Waals surface area contributed by atoms with Gasteiger partial charge in [0.15, 0.2) is 5.84 Å². The average Bonchev–Trinajstić information content (AvgIpc) is 2.55. The lowest BCUT2D eigenvalue weighted by atomic mass is 10.1. The normalized spacial score (nSPS) is 16.5. The molecule has 0 fully saturated rings. The van der Waals surface area contributed by atoms with Crippen LogP contribution in [0.5, 0.6) is 0 Å². The van der Waals surface area contributed by atoms with Gasteiger partial charge in [-0.3, -0.25) is 0 Å². The lowest BCUT2D eigenvalue weighted by Crippen LogP contribution is -2.30. The highest BCUT2D eigenvalue weighted by Crippen LogP contribution is 2.29. The van der Waals surface area contributed by atoms with E-state index in [-0.39, 0.29) is 16.3 Å². The van der Waals surface area contributed by atoms with Gasteiger partial charge in [0.1, 0.15) is 10.7 Å². The molecular formula is C11H13FN2O2S. The maximum absolute atomic E-state index is 13.7. The molecule has 2 rings (SSSR count). The van der Waals surface area contributed by atoms with Crippen molar-refractivity contribution in [1.29, 1.82) is 0 Å². The van der Waals surface area contributed by atoms with Gasteiger partial charge in [-0.15, -0.1) is 4.40 Å². The molecule has 0 N–H and O–H groups in total. The largest absolute Gasteiger partial charge is 0.356 e. The van der Waals surface area contributed by atoms with Gasteiger partial charge in [-0.1, -0.05) is 6.07 Å². The lowest BCUT2D eigenvalue weighted by molar-refractivity contribution is 0.464. The van der Waals surface area contributed by atoms with Gasteiger partial charge in [0.2, 0.25) is 0 Å². The number of rotatable bonds is 2. The first-order valence-electron chi connectivity index (χ1n) is 5.40. The molecule has 0 unspecified atom stereocenters. The number of halogens is 1. The molecule has 0 aliphatic carbocycles. The third-order valence-electron chi connectivity index (χ3n) is 2.75. The fourth-order valence-corrected chi connectivity index (χ4v) is 3.11. The van der Waals surface area contributed by atoms with Gasteiger partial charge in [0.25, 0.3) is 10.0 Å². The SMILES string of the molecule is CCN(CC)C1=NS(=O)(=O)c2cccc(F)c21. The standard InChI is InChI=1S/C11H13FN2O2S/c1-3-14(4-2)11-10-8(12)6-5-7-9(10)17(15,16)13-11/h5-7H,3-4H2,1-2H3. The Labute approximate surface area is 99.8 Å². The van der Waals surface area contributed by atoms with E-state index < -0.39 is 15.8 Å². The molecule has 1 aliphatic heterocycles. The van der Waals surface area contributed by atoms with Gasteiger partial charge in [-0.2, -0.15) is 8.42 Å². The van der Waals surface area contributed by atoms with E-state index in [0.717, 1.165) is 0 Å². The molecule has 1 aliphatic rings. The van der Waals surface area contributed by atoms with E-state index in [0.29, 0.717) is 13.1 Å². The van der Waals surface area contributed by atoms with Crippen LogP contribution in [0.1, 0.15) is 19.4 Å². The zero-order valence-corrected chi connectivity index (χ0v) is 10.5. The summed E-state index contributed by atoms with van der Waals surface area (Å²) in [6, 6.07) is 4.01. The van der Waals surface area contributed by atoms with Crippen molar-refractivity contribution in [3.8, 4) is 0 Å². The van der Waals surface area contributed by atoms with Crippen molar-refractivity contribution in [1.82, 2.24) is 4.90 Å². The van der Waals surface area contributed by atoms with Crippen LogP contribution in [-0.4, -0.2) is 32.2 Å². The Morgan fingerprint density at radius 3 is 2.53 bits per heavy atom. The first-order chi connectivity index (χ1) is 8.01. The molecule has 1 heterocycles. The summed E-state index contributed by atoms with van der Waals surface area (Å²) < 4.78 is 41.0. The van der Waals surface area contributed by atoms with Crippen molar-refractivity contribution in [3.05, 3.63) is 29.6 Å². The number of hydrogen-bond acceptors (Lipinski definition) is 3. The van der Waals surface area contributed by atoms with Crippen LogP contribution in [0, 0.1) is 5.82 Å². The number of hydrogen-bond donors (Lipinski definition) is 0. The zero-order valence-electron chi connectivity index (χ0n) is 9.64.